The van der Waals surface area contributed by atoms with Crippen molar-refractivity contribution in [3.8, 4) is 0 Å². The molecule has 3 N–H and O–H groups in total. The van der Waals surface area contributed by atoms with Crippen LogP contribution in [0.15, 0.2) is 0 Å². The van der Waals surface area contributed by atoms with E-state index in [9.17, 15) is 5.11 Å². The molecule has 0 amide bonds. The molecule has 1 heterocycles. The van der Waals surface area contributed by atoms with Crippen molar-refractivity contribution in [1.29, 1.82) is 0 Å². The molecule has 1 aromatic heterocycles. The van der Waals surface area contributed by atoms with E-state index in [0.29, 0.717) is 30.9 Å². The number of hydrogen-bond donors (Lipinski definition) is 2. The van der Waals surface area contributed by atoms with Crippen LogP contribution in [-0.2, 0) is 6.54 Å². The topological polar surface area (TPSA) is 91.4 Å². The van der Waals surface area contributed by atoms with Crippen LogP contribution in [0.1, 0.15) is 32.5 Å². The highest BCUT2D eigenvalue weighted by molar-refractivity contribution is 5.32. The fraction of sp³-hybridized carbons (Fsp3) is 0.769. The SMILES string of the molecule is CCC(CC)N(CCO)Cc1nc(N)nc(N(C)C)n1. The van der Waals surface area contributed by atoms with Crippen LogP contribution in [0, 0.1) is 0 Å². The van der Waals surface area contributed by atoms with E-state index in [1.54, 1.807) is 4.90 Å². The largest absolute Gasteiger partial charge is 0.395 e. The molecule has 1 aromatic rings. The zero-order chi connectivity index (χ0) is 15.1. The summed E-state index contributed by atoms with van der Waals surface area (Å²) < 4.78 is 0. The number of nitrogen functional groups attached to an aromatic ring is 1. The highest BCUT2D eigenvalue weighted by Gasteiger charge is 2.17. The van der Waals surface area contributed by atoms with E-state index in [1.165, 1.54) is 0 Å². The second-order valence-corrected chi connectivity index (χ2v) is 4.97. The number of rotatable bonds is 8. The first-order chi connectivity index (χ1) is 9.51. The molecule has 0 saturated carbocycles. The number of aliphatic hydroxyl groups excluding tert-OH is 1. The van der Waals surface area contributed by atoms with Crippen molar-refractivity contribution in [3.63, 3.8) is 0 Å². The number of aliphatic hydroxyl groups is 1. The molecule has 0 unspecified atom stereocenters. The summed E-state index contributed by atoms with van der Waals surface area (Å²) in [5.74, 6) is 1.43. The average molecular weight is 282 g/mol. The Bertz CT molecular complexity index is 408. The van der Waals surface area contributed by atoms with Crippen LogP contribution in [-0.4, -0.2) is 58.2 Å². The normalized spacial score (nSPS) is 11.3. The summed E-state index contributed by atoms with van der Waals surface area (Å²) in [6.45, 7) is 5.59. The van der Waals surface area contributed by atoms with Crippen LogP contribution in [0.25, 0.3) is 0 Å². The number of nitrogens with two attached hydrogens (primary N) is 1. The molecule has 7 nitrogen and oxygen atoms in total. The molecule has 114 valence electrons. The van der Waals surface area contributed by atoms with Crippen molar-refractivity contribution >= 4 is 11.9 Å². The summed E-state index contributed by atoms with van der Waals surface area (Å²) in [5, 5.41) is 9.22. The predicted molar refractivity (Wildman–Crippen MR) is 80.4 cm³/mol. The van der Waals surface area contributed by atoms with Gasteiger partial charge in [-0.15, -0.1) is 0 Å². The third kappa shape index (κ3) is 4.57. The van der Waals surface area contributed by atoms with E-state index in [0.717, 1.165) is 12.8 Å². The van der Waals surface area contributed by atoms with Crippen molar-refractivity contribution < 1.29 is 5.11 Å². The molecule has 0 atom stereocenters. The van der Waals surface area contributed by atoms with E-state index in [4.69, 9.17) is 5.73 Å². The fourth-order valence-corrected chi connectivity index (χ4v) is 2.20. The fourth-order valence-electron chi connectivity index (χ4n) is 2.20. The highest BCUT2D eigenvalue weighted by Crippen LogP contribution is 2.13. The number of nitrogens with zero attached hydrogens (tertiary/aromatic N) is 5. The molecule has 20 heavy (non-hydrogen) atoms. The number of anilines is 2. The van der Waals surface area contributed by atoms with Crippen LogP contribution in [0.3, 0.4) is 0 Å². The number of aromatic nitrogens is 3. The lowest BCUT2D eigenvalue weighted by Crippen LogP contribution is -2.37. The predicted octanol–water partition coefficient (Wildman–Crippen LogP) is 0.503. The van der Waals surface area contributed by atoms with Gasteiger partial charge in [0, 0.05) is 26.7 Å². The quantitative estimate of drug-likeness (QED) is 0.717. The number of hydrogen-bond acceptors (Lipinski definition) is 7. The maximum atomic E-state index is 9.22. The van der Waals surface area contributed by atoms with Crippen molar-refractivity contribution in [2.45, 2.75) is 39.3 Å². The van der Waals surface area contributed by atoms with Crippen LogP contribution < -0.4 is 10.6 Å². The summed E-state index contributed by atoms with van der Waals surface area (Å²) in [7, 11) is 3.73. The van der Waals surface area contributed by atoms with Crippen molar-refractivity contribution in [3.05, 3.63) is 5.82 Å². The Kier molecular flexibility index (Phi) is 6.60. The molecular formula is C13H26N6O. The van der Waals surface area contributed by atoms with Gasteiger partial charge in [-0.25, -0.2) is 0 Å². The van der Waals surface area contributed by atoms with Crippen LogP contribution in [0.2, 0.25) is 0 Å². The Labute approximate surface area is 120 Å². The molecular weight excluding hydrogens is 256 g/mol. The van der Waals surface area contributed by atoms with Gasteiger partial charge in [-0.1, -0.05) is 13.8 Å². The standard InChI is InChI=1S/C13H26N6O/c1-5-10(6-2)19(7-8-20)9-11-15-12(14)17-13(16-11)18(3)4/h10,20H,5-9H2,1-4H3,(H2,14,15,16,17). The van der Waals surface area contributed by atoms with Gasteiger partial charge in [-0.05, 0) is 12.8 Å². The first-order valence-corrected chi connectivity index (χ1v) is 7.04. The molecule has 0 spiro atoms. The zero-order valence-corrected chi connectivity index (χ0v) is 12.9. The maximum absolute atomic E-state index is 9.22. The summed E-state index contributed by atoms with van der Waals surface area (Å²) >= 11 is 0. The van der Waals surface area contributed by atoms with Gasteiger partial charge < -0.3 is 15.7 Å². The second kappa shape index (κ2) is 7.96. The van der Waals surface area contributed by atoms with Crippen molar-refractivity contribution in [2.75, 3.05) is 37.9 Å². The van der Waals surface area contributed by atoms with Gasteiger partial charge in [0.1, 0.15) is 5.82 Å². The van der Waals surface area contributed by atoms with Gasteiger partial charge in [0.25, 0.3) is 0 Å². The third-order valence-corrected chi connectivity index (χ3v) is 3.28. The molecule has 0 bridgehead atoms. The molecule has 0 aliphatic heterocycles. The third-order valence-electron chi connectivity index (χ3n) is 3.28. The Hall–Kier alpha value is -1.47. The molecule has 0 aliphatic rings. The first-order valence-electron chi connectivity index (χ1n) is 7.04. The monoisotopic (exact) mass is 282 g/mol. The van der Waals surface area contributed by atoms with Crippen LogP contribution >= 0.6 is 0 Å². The van der Waals surface area contributed by atoms with E-state index in [-0.39, 0.29) is 12.6 Å². The minimum Gasteiger partial charge on any atom is -0.395 e. The summed E-state index contributed by atoms with van der Waals surface area (Å²) in [6.07, 6.45) is 2.05. The van der Waals surface area contributed by atoms with Gasteiger partial charge in [0.15, 0.2) is 0 Å². The average Bonchev–Trinajstić information content (AvgIpc) is 2.39. The van der Waals surface area contributed by atoms with Gasteiger partial charge in [-0.2, -0.15) is 15.0 Å². The molecule has 0 aromatic carbocycles. The van der Waals surface area contributed by atoms with Gasteiger partial charge in [0.2, 0.25) is 11.9 Å². The van der Waals surface area contributed by atoms with Crippen LogP contribution in [0.5, 0.6) is 0 Å². The minimum absolute atomic E-state index is 0.123. The van der Waals surface area contributed by atoms with E-state index in [2.05, 4.69) is 33.7 Å². The molecule has 7 heteroatoms. The minimum atomic E-state index is 0.123. The molecule has 1 rings (SSSR count). The second-order valence-electron chi connectivity index (χ2n) is 4.97. The van der Waals surface area contributed by atoms with Gasteiger partial charge >= 0.3 is 0 Å². The lowest BCUT2D eigenvalue weighted by atomic mass is 10.1. The van der Waals surface area contributed by atoms with Crippen molar-refractivity contribution in [1.82, 2.24) is 19.9 Å². The van der Waals surface area contributed by atoms with Gasteiger partial charge in [0.05, 0.1) is 13.2 Å². The molecule has 0 saturated heterocycles. The Balaban J connectivity index is 2.92. The van der Waals surface area contributed by atoms with Gasteiger partial charge in [-0.3, -0.25) is 4.90 Å². The summed E-state index contributed by atoms with van der Waals surface area (Å²) in [6, 6.07) is 0.406. The summed E-state index contributed by atoms with van der Waals surface area (Å²) in [4.78, 5) is 16.7. The highest BCUT2D eigenvalue weighted by atomic mass is 16.3. The Morgan fingerprint density at radius 1 is 1.15 bits per heavy atom. The molecule has 0 fully saturated rings. The molecule has 0 aliphatic carbocycles. The lowest BCUT2D eigenvalue weighted by Gasteiger charge is -2.29. The first kappa shape index (κ1) is 16.6. The molecule has 0 radical (unpaired) electrons. The summed E-state index contributed by atoms with van der Waals surface area (Å²) in [5.41, 5.74) is 5.73. The zero-order valence-electron chi connectivity index (χ0n) is 12.9. The van der Waals surface area contributed by atoms with Crippen LogP contribution in [0.4, 0.5) is 11.9 Å². The van der Waals surface area contributed by atoms with E-state index in [1.807, 2.05) is 14.1 Å². The maximum Gasteiger partial charge on any atom is 0.229 e. The smallest absolute Gasteiger partial charge is 0.229 e. The Morgan fingerprint density at radius 3 is 2.30 bits per heavy atom. The lowest BCUT2D eigenvalue weighted by molar-refractivity contribution is 0.133. The van der Waals surface area contributed by atoms with E-state index >= 15 is 0 Å². The van der Waals surface area contributed by atoms with Crippen molar-refractivity contribution in [2.24, 2.45) is 0 Å². The Morgan fingerprint density at radius 2 is 1.80 bits per heavy atom. The van der Waals surface area contributed by atoms with E-state index < -0.39 is 0 Å².